The molecule has 0 bridgehead atoms. The number of aromatic nitrogens is 1. The number of carbonyl (C=O) groups excluding carboxylic acids is 1. The number of nitrogens with zero attached hydrogens (tertiary/aromatic N) is 3. The van der Waals surface area contributed by atoms with Crippen LogP contribution in [0.1, 0.15) is 36.8 Å². The third-order valence-electron chi connectivity index (χ3n) is 6.61. The Morgan fingerprint density at radius 1 is 1.06 bits per heavy atom. The molecule has 1 aromatic heterocycles. The molecule has 9 heteroatoms. The second-order valence-corrected chi connectivity index (χ2v) is 10.7. The van der Waals surface area contributed by atoms with E-state index in [2.05, 4.69) is 6.07 Å². The van der Waals surface area contributed by atoms with Gasteiger partial charge < -0.3 is 9.32 Å². The summed E-state index contributed by atoms with van der Waals surface area (Å²) in [6, 6.07) is 10.6. The SMILES string of the molecule is Cc1cccc2c1N(C(=O)CCn1c(=O)oc3cc(S(=O)(=O)N4CCCC4)ccc31)CCC2. The van der Waals surface area contributed by atoms with E-state index < -0.39 is 15.8 Å². The van der Waals surface area contributed by atoms with Crippen molar-refractivity contribution in [1.82, 2.24) is 8.87 Å². The first-order chi connectivity index (χ1) is 15.9. The summed E-state index contributed by atoms with van der Waals surface area (Å²) in [5.41, 5.74) is 3.93. The largest absolute Gasteiger partial charge is 0.419 e. The summed E-state index contributed by atoms with van der Waals surface area (Å²) in [7, 11) is -3.61. The maximum absolute atomic E-state index is 13.1. The van der Waals surface area contributed by atoms with Crippen molar-refractivity contribution in [3.05, 3.63) is 58.1 Å². The van der Waals surface area contributed by atoms with E-state index in [0.29, 0.717) is 25.2 Å². The topological polar surface area (TPSA) is 92.8 Å². The number of carbonyl (C=O) groups is 1. The molecule has 174 valence electrons. The third kappa shape index (κ3) is 3.89. The molecule has 2 aliphatic heterocycles. The maximum atomic E-state index is 13.1. The van der Waals surface area contributed by atoms with Crippen LogP contribution in [0.15, 0.2) is 50.5 Å². The van der Waals surface area contributed by atoms with Gasteiger partial charge in [-0.2, -0.15) is 4.31 Å². The highest BCUT2D eigenvalue weighted by atomic mass is 32.2. The fourth-order valence-corrected chi connectivity index (χ4v) is 6.47. The zero-order valence-corrected chi connectivity index (χ0v) is 19.4. The molecule has 0 spiro atoms. The van der Waals surface area contributed by atoms with Gasteiger partial charge in [0.25, 0.3) is 0 Å². The summed E-state index contributed by atoms with van der Waals surface area (Å²) >= 11 is 0. The lowest BCUT2D eigenvalue weighted by molar-refractivity contribution is -0.118. The van der Waals surface area contributed by atoms with Crippen molar-refractivity contribution < 1.29 is 17.6 Å². The first kappa shape index (κ1) is 21.9. The molecule has 2 aromatic carbocycles. The van der Waals surface area contributed by atoms with Crippen LogP contribution < -0.4 is 10.7 Å². The van der Waals surface area contributed by atoms with E-state index >= 15 is 0 Å². The summed E-state index contributed by atoms with van der Waals surface area (Å²) in [6.07, 6.45) is 3.71. The monoisotopic (exact) mass is 469 g/mol. The van der Waals surface area contributed by atoms with Crippen molar-refractivity contribution in [2.24, 2.45) is 0 Å². The second kappa shape index (κ2) is 8.46. The summed E-state index contributed by atoms with van der Waals surface area (Å²) < 4.78 is 33.9. The number of benzene rings is 2. The zero-order chi connectivity index (χ0) is 23.2. The minimum Gasteiger partial charge on any atom is -0.408 e. The lowest BCUT2D eigenvalue weighted by atomic mass is 9.98. The van der Waals surface area contributed by atoms with Gasteiger partial charge in [-0.15, -0.1) is 0 Å². The molecular weight excluding hydrogens is 442 g/mol. The van der Waals surface area contributed by atoms with Crippen molar-refractivity contribution in [3.8, 4) is 0 Å². The van der Waals surface area contributed by atoms with Crippen LogP contribution in [-0.2, 0) is 27.8 Å². The molecule has 0 unspecified atom stereocenters. The molecule has 0 aliphatic carbocycles. The van der Waals surface area contributed by atoms with E-state index in [1.165, 1.54) is 26.6 Å². The first-order valence-corrected chi connectivity index (χ1v) is 12.8. The Hall–Kier alpha value is -2.91. The number of anilines is 1. The Balaban J connectivity index is 1.38. The molecule has 1 amide bonds. The van der Waals surface area contributed by atoms with Gasteiger partial charge in [0.2, 0.25) is 15.9 Å². The van der Waals surface area contributed by atoms with Crippen LogP contribution in [0.25, 0.3) is 11.1 Å². The minimum absolute atomic E-state index is 0.0419. The van der Waals surface area contributed by atoms with Gasteiger partial charge in [-0.1, -0.05) is 18.2 Å². The smallest absolute Gasteiger partial charge is 0.408 e. The van der Waals surface area contributed by atoms with Gasteiger partial charge in [0.05, 0.1) is 10.4 Å². The molecular formula is C24H27N3O5S. The summed E-state index contributed by atoms with van der Waals surface area (Å²) in [5.74, 6) is -0.636. The number of rotatable bonds is 5. The number of para-hydroxylation sites is 1. The van der Waals surface area contributed by atoms with Crippen molar-refractivity contribution in [2.75, 3.05) is 24.5 Å². The molecule has 5 rings (SSSR count). The van der Waals surface area contributed by atoms with Gasteiger partial charge in [-0.05, 0) is 55.9 Å². The number of amides is 1. The van der Waals surface area contributed by atoms with Gasteiger partial charge in [-0.3, -0.25) is 9.36 Å². The molecule has 0 N–H and O–H groups in total. The van der Waals surface area contributed by atoms with Crippen molar-refractivity contribution in [2.45, 2.75) is 50.5 Å². The van der Waals surface area contributed by atoms with Crippen LogP contribution in [0.5, 0.6) is 0 Å². The third-order valence-corrected chi connectivity index (χ3v) is 8.51. The molecule has 3 aromatic rings. The van der Waals surface area contributed by atoms with Crippen LogP contribution in [0, 0.1) is 6.92 Å². The van der Waals surface area contributed by atoms with Crippen LogP contribution in [-0.4, -0.2) is 42.8 Å². The highest BCUT2D eigenvalue weighted by Gasteiger charge is 2.28. The lowest BCUT2D eigenvalue weighted by Gasteiger charge is -2.31. The average Bonchev–Trinajstić information content (AvgIpc) is 3.45. The molecule has 3 heterocycles. The molecule has 0 saturated carbocycles. The molecule has 8 nitrogen and oxygen atoms in total. The standard InChI is InChI=1S/C24H27N3O5S/c1-17-6-4-7-18-8-5-14-27(23(17)18)22(28)11-15-26-20-10-9-19(16-21(20)32-24(26)29)33(30,31)25-12-2-3-13-25/h4,6-7,9-10,16H,2-3,5,8,11-15H2,1H3. The van der Waals surface area contributed by atoms with Crippen LogP contribution in [0.3, 0.4) is 0 Å². The molecule has 1 saturated heterocycles. The zero-order valence-electron chi connectivity index (χ0n) is 18.6. The summed E-state index contributed by atoms with van der Waals surface area (Å²) in [5, 5.41) is 0. The Morgan fingerprint density at radius 3 is 2.64 bits per heavy atom. The normalized spacial score (nSPS) is 16.9. The lowest BCUT2D eigenvalue weighted by Crippen LogP contribution is -2.36. The molecule has 0 atom stereocenters. The van der Waals surface area contributed by atoms with Gasteiger partial charge >= 0.3 is 5.76 Å². The van der Waals surface area contributed by atoms with Crippen LogP contribution in [0.4, 0.5) is 5.69 Å². The molecule has 33 heavy (non-hydrogen) atoms. The van der Waals surface area contributed by atoms with Crippen molar-refractivity contribution in [3.63, 3.8) is 0 Å². The van der Waals surface area contributed by atoms with Crippen LogP contribution in [0.2, 0.25) is 0 Å². The van der Waals surface area contributed by atoms with Gasteiger partial charge in [0.1, 0.15) is 0 Å². The number of hydrogen-bond acceptors (Lipinski definition) is 5. The molecule has 1 fully saturated rings. The highest BCUT2D eigenvalue weighted by Crippen LogP contribution is 2.31. The van der Waals surface area contributed by atoms with E-state index in [-0.39, 0.29) is 29.4 Å². The number of sulfonamides is 1. The fourth-order valence-electron chi connectivity index (χ4n) is 4.94. The minimum atomic E-state index is -3.61. The first-order valence-electron chi connectivity index (χ1n) is 11.4. The maximum Gasteiger partial charge on any atom is 0.419 e. The van der Waals surface area contributed by atoms with E-state index in [1.54, 1.807) is 6.07 Å². The van der Waals surface area contributed by atoms with E-state index in [0.717, 1.165) is 36.9 Å². The molecule has 0 radical (unpaired) electrons. The van der Waals surface area contributed by atoms with Gasteiger partial charge in [0, 0.05) is 44.4 Å². The van der Waals surface area contributed by atoms with Crippen molar-refractivity contribution in [1.29, 1.82) is 0 Å². The van der Waals surface area contributed by atoms with Gasteiger partial charge in [0.15, 0.2) is 5.58 Å². The number of oxazole rings is 1. The predicted octanol–water partition coefficient (Wildman–Crippen LogP) is 3.06. The van der Waals surface area contributed by atoms with E-state index in [4.69, 9.17) is 4.42 Å². The van der Waals surface area contributed by atoms with E-state index in [1.807, 2.05) is 24.0 Å². The van der Waals surface area contributed by atoms with Gasteiger partial charge in [-0.25, -0.2) is 13.2 Å². The predicted molar refractivity (Wildman–Crippen MR) is 125 cm³/mol. The quantitative estimate of drug-likeness (QED) is 0.573. The second-order valence-electron chi connectivity index (χ2n) is 8.74. The summed E-state index contributed by atoms with van der Waals surface area (Å²) in [4.78, 5) is 27.5. The highest BCUT2D eigenvalue weighted by molar-refractivity contribution is 7.89. The Morgan fingerprint density at radius 2 is 1.85 bits per heavy atom. The fraction of sp³-hybridized carbons (Fsp3) is 0.417. The Kier molecular flexibility index (Phi) is 5.62. The van der Waals surface area contributed by atoms with Crippen LogP contribution >= 0.6 is 0 Å². The van der Waals surface area contributed by atoms with E-state index in [9.17, 15) is 18.0 Å². The molecule has 2 aliphatic rings. The Bertz CT molecular complexity index is 1380. The Labute approximate surface area is 192 Å². The number of hydrogen-bond donors (Lipinski definition) is 0. The number of fused-ring (bicyclic) bond motifs is 2. The summed E-state index contributed by atoms with van der Waals surface area (Å²) in [6.45, 7) is 3.85. The number of aryl methyl sites for hydroxylation is 3. The van der Waals surface area contributed by atoms with Crippen molar-refractivity contribution >= 4 is 32.7 Å². The average molecular weight is 470 g/mol.